The van der Waals surface area contributed by atoms with E-state index in [1.807, 2.05) is 14.0 Å². The van der Waals surface area contributed by atoms with Crippen molar-refractivity contribution >= 4 is 34.4 Å². The van der Waals surface area contributed by atoms with Gasteiger partial charge >= 0.3 is 6.18 Å². The van der Waals surface area contributed by atoms with Gasteiger partial charge in [0.05, 0.1) is 23.7 Å². The summed E-state index contributed by atoms with van der Waals surface area (Å²) in [5, 5.41) is 6.10. The van der Waals surface area contributed by atoms with Crippen LogP contribution in [0.3, 0.4) is 0 Å². The van der Waals surface area contributed by atoms with E-state index in [0.29, 0.717) is 30.1 Å². The lowest BCUT2D eigenvalue weighted by molar-refractivity contribution is -0.136. The highest BCUT2D eigenvalue weighted by Gasteiger charge is 2.40. The van der Waals surface area contributed by atoms with Gasteiger partial charge in [-0.15, -0.1) is 0 Å². The van der Waals surface area contributed by atoms with E-state index >= 15 is 0 Å². The van der Waals surface area contributed by atoms with Crippen molar-refractivity contribution in [1.82, 2.24) is 24.8 Å². The number of carbonyl (C=O) groups is 1. The Morgan fingerprint density at radius 3 is 2.53 bits per heavy atom. The first kappa shape index (κ1) is 24.2. The summed E-state index contributed by atoms with van der Waals surface area (Å²) in [6.07, 6.45) is -1.97. The standard InChI is InChI=1S/C24H28F3N7O2/c1-23(6-7-23)32-20-18-15(24(25,26)27)13-28-19(18)30-22(31-20)29-16-5-4-14(12-17(16)36-3)21(35)34-10-8-33(2)9-11-34/h4-5,12-13H,6-11H2,1-3H3,(H3,28,29,30,31,32). The molecule has 36 heavy (non-hydrogen) atoms. The summed E-state index contributed by atoms with van der Waals surface area (Å²) in [6.45, 7) is 4.86. The van der Waals surface area contributed by atoms with Gasteiger partial charge in [0.1, 0.15) is 17.2 Å². The van der Waals surface area contributed by atoms with Crippen molar-refractivity contribution in [3.8, 4) is 5.75 Å². The molecule has 3 aromatic rings. The fraction of sp³-hybridized carbons (Fsp3) is 0.458. The lowest BCUT2D eigenvalue weighted by atomic mass is 10.1. The second-order valence-corrected chi connectivity index (χ2v) is 9.64. The molecule has 0 unspecified atom stereocenters. The Bertz CT molecular complexity index is 1290. The minimum Gasteiger partial charge on any atom is -0.495 e. The fourth-order valence-electron chi connectivity index (χ4n) is 4.24. The Morgan fingerprint density at radius 1 is 1.17 bits per heavy atom. The third kappa shape index (κ3) is 4.77. The molecule has 0 spiro atoms. The number of H-pyrrole nitrogens is 1. The molecule has 1 aliphatic heterocycles. The van der Waals surface area contributed by atoms with Gasteiger partial charge in [0.25, 0.3) is 5.91 Å². The Morgan fingerprint density at radius 2 is 1.89 bits per heavy atom. The van der Waals surface area contributed by atoms with Gasteiger partial charge in [-0.2, -0.15) is 23.1 Å². The predicted molar refractivity (Wildman–Crippen MR) is 130 cm³/mol. The summed E-state index contributed by atoms with van der Waals surface area (Å²) in [4.78, 5) is 28.2. The molecule has 1 aliphatic carbocycles. The lowest BCUT2D eigenvalue weighted by Crippen LogP contribution is -2.47. The quantitative estimate of drug-likeness (QED) is 0.466. The molecule has 3 N–H and O–H groups in total. The topological polar surface area (TPSA) is 98.4 Å². The minimum absolute atomic E-state index is 0.0624. The highest BCUT2D eigenvalue weighted by atomic mass is 19.4. The average molecular weight is 504 g/mol. The van der Waals surface area contributed by atoms with Crippen LogP contribution >= 0.6 is 0 Å². The van der Waals surface area contributed by atoms with Crippen LogP contribution in [-0.2, 0) is 6.18 Å². The molecule has 0 radical (unpaired) electrons. The maximum Gasteiger partial charge on any atom is 0.418 e. The molecule has 0 bridgehead atoms. The van der Waals surface area contributed by atoms with Crippen LogP contribution < -0.4 is 15.4 Å². The largest absolute Gasteiger partial charge is 0.495 e. The van der Waals surface area contributed by atoms with Gasteiger partial charge < -0.3 is 30.2 Å². The van der Waals surface area contributed by atoms with Gasteiger partial charge in [-0.3, -0.25) is 4.79 Å². The molecule has 3 heterocycles. The second-order valence-electron chi connectivity index (χ2n) is 9.64. The van der Waals surface area contributed by atoms with Crippen molar-refractivity contribution in [2.75, 3.05) is 51.0 Å². The molecular formula is C24H28F3N7O2. The van der Waals surface area contributed by atoms with Gasteiger partial charge in [0.15, 0.2) is 0 Å². The van der Waals surface area contributed by atoms with E-state index in [9.17, 15) is 18.0 Å². The fourth-order valence-corrected chi connectivity index (χ4v) is 4.24. The third-order valence-electron chi connectivity index (χ3n) is 6.74. The number of likely N-dealkylation sites (N-methyl/N-ethyl adjacent to an activating group) is 1. The predicted octanol–water partition coefficient (Wildman–Crippen LogP) is 4.08. The summed E-state index contributed by atoms with van der Waals surface area (Å²) in [5.74, 6) is 0.517. The van der Waals surface area contributed by atoms with Crippen molar-refractivity contribution in [3.63, 3.8) is 0 Å². The number of alkyl halides is 3. The van der Waals surface area contributed by atoms with Gasteiger partial charge in [0.2, 0.25) is 5.95 Å². The molecule has 2 fully saturated rings. The second kappa shape index (κ2) is 8.84. The number of nitrogens with zero attached hydrogens (tertiary/aromatic N) is 4. The van der Waals surface area contributed by atoms with E-state index in [-0.39, 0.29) is 34.2 Å². The normalized spacial score (nSPS) is 17.8. The van der Waals surface area contributed by atoms with Crippen LogP contribution in [0.5, 0.6) is 5.75 Å². The number of anilines is 3. The average Bonchev–Trinajstić information content (AvgIpc) is 3.38. The van der Waals surface area contributed by atoms with Crippen molar-refractivity contribution in [2.24, 2.45) is 0 Å². The van der Waals surface area contributed by atoms with Crippen molar-refractivity contribution in [3.05, 3.63) is 35.5 Å². The van der Waals surface area contributed by atoms with Gasteiger partial charge in [0, 0.05) is 43.5 Å². The summed E-state index contributed by atoms with van der Waals surface area (Å²) in [6, 6.07) is 5.01. The summed E-state index contributed by atoms with van der Waals surface area (Å²) in [7, 11) is 3.50. The van der Waals surface area contributed by atoms with Gasteiger partial charge in [-0.05, 0) is 45.0 Å². The molecule has 0 atom stereocenters. The monoisotopic (exact) mass is 503 g/mol. The van der Waals surface area contributed by atoms with Crippen LogP contribution in [0.1, 0.15) is 35.7 Å². The van der Waals surface area contributed by atoms with Crippen molar-refractivity contribution in [2.45, 2.75) is 31.5 Å². The van der Waals surface area contributed by atoms with E-state index in [1.54, 1.807) is 23.1 Å². The Balaban J connectivity index is 1.45. The Hall–Kier alpha value is -3.54. The zero-order chi connectivity index (χ0) is 25.7. The number of aromatic amines is 1. The van der Waals surface area contributed by atoms with Crippen LogP contribution in [0.2, 0.25) is 0 Å². The summed E-state index contributed by atoms with van der Waals surface area (Å²) in [5.41, 5.74) is -0.0891. The van der Waals surface area contributed by atoms with Crippen LogP contribution in [0.25, 0.3) is 11.0 Å². The van der Waals surface area contributed by atoms with Gasteiger partial charge in [-0.1, -0.05) is 0 Å². The van der Waals surface area contributed by atoms with Crippen LogP contribution in [0.4, 0.5) is 30.6 Å². The Labute approximate surface area is 206 Å². The molecule has 2 aromatic heterocycles. The first-order valence-electron chi connectivity index (χ1n) is 11.7. The molecule has 192 valence electrons. The first-order valence-corrected chi connectivity index (χ1v) is 11.7. The molecule has 1 amide bonds. The van der Waals surface area contributed by atoms with Crippen molar-refractivity contribution < 1.29 is 22.7 Å². The van der Waals surface area contributed by atoms with E-state index in [4.69, 9.17) is 4.74 Å². The number of hydrogen-bond donors (Lipinski definition) is 3. The number of rotatable bonds is 6. The molecular weight excluding hydrogens is 475 g/mol. The molecule has 12 heteroatoms. The first-order chi connectivity index (χ1) is 17.1. The number of methoxy groups -OCH3 is 1. The number of fused-ring (bicyclic) bond motifs is 1. The maximum absolute atomic E-state index is 13.6. The number of benzene rings is 1. The summed E-state index contributed by atoms with van der Waals surface area (Å²) >= 11 is 0. The minimum atomic E-state index is -4.55. The Kier molecular flexibility index (Phi) is 5.93. The molecule has 9 nitrogen and oxygen atoms in total. The smallest absolute Gasteiger partial charge is 0.418 e. The highest BCUT2D eigenvalue weighted by Crippen LogP contribution is 2.43. The van der Waals surface area contributed by atoms with Crippen molar-refractivity contribution in [1.29, 1.82) is 0 Å². The molecule has 1 saturated carbocycles. The molecule has 1 saturated heterocycles. The van der Waals surface area contributed by atoms with E-state index in [0.717, 1.165) is 32.1 Å². The molecule has 2 aliphatic rings. The zero-order valence-electron chi connectivity index (χ0n) is 20.3. The van der Waals surface area contributed by atoms with Crippen LogP contribution in [0, 0.1) is 0 Å². The lowest BCUT2D eigenvalue weighted by Gasteiger charge is -2.32. The number of ether oxygens (including phenoxy) is 1. The number of hydrogen-bond acceptors (Lipinski definition) is 7. The number of nitrogens with one attached hydrogen (secondary N) is 3. The number of halogens is 3. The maximum atomic E-state index is 13.6. The number of piperazine rings is 1. The molecule has 1 aromatic carbocycles. The highest BCUT2D eigenvalue weighted by molar-refractivity contribution is 5.96. The van der Waals surface area contributed by atoms with E-state index in [2.05, 4.69) is 30.5 Å². The number of carbonyl (C=O) groups excluding carboxylic acids is 1. The van der Waals surface area contributed by atoms with Crippen LogP contribution in [0.15, 0.2) is 24.4 Å². The van der Waals surface area contributed by atoms with E-state index < -0.39 is 11.7 Å². The molecule has 5 rings (SSSR count). The third-order valence-corrected chi connectivity index (χ3v) is 6.74. The SMILES string of the molecule is COc1cc(C(=O)N2CCN(C)CC2)ccc1Nc1nc(NC2(C)CC2)c2c(C(F)(F)F)c[nH]c2n1. The van der Waals surface area contributed by atoms with E-state index in [1.165, 1.54) is 7.11 Å². The van der Waals surface area contributed by atoms with Gasteiger partial charge in [-0.25, -0.2) is 0 Å². The number of aromatic nitrogens is 3. The summed E-state index contributed by atoms with van der Waals surface area (Å²) < 4.78 is 46.3. The zero-order valence-corrected chi connectivity index (χ0v) is 20.3. The number of amides is 1. The van der Waals surface area contributed by atoms with Crippen LogP contribution in [-0.4, -0.2) is 76.5 Å².